The molecule has 6 aromatic rings. The van der Waals surface area contributed by atoms with Crippen LogP contribution in [0.2, 0.25) is 0 Å². The number of rotatable bonds is 10. The van der Waals surface area contributed by atoms with Gasteiger partial charge in [-0.25, -0.2) is 4.98 Å². The van der Waals surface area contributed by atoms with E-state index in [0.717, 1.165) is 59.3 Å². The number of carbonyl (C=O) groups is 1. The molecule has 0 aliphatic carbocycles. The lowest BCUT2D eigenvalue weighted by Crippen LogP contribution is -2.43. The van der Waals surface area contributed by atoms with Gasteiger partial charge in [0, 0.05) is 31.4 Å². The van der Waals surface area contributed by atoms with Crippen LogP contribution in [-0.4, -0.2) is 34.4 Å². The molecule has 51 heavy (non-hydrogen) atoms. The number of hydrogen-bond acceptors (Lipinski definition) is 4. The Hall–Kier alpha value is -5.93. The number of hydrogen-bond donors (Lipinski definition) is 1. The van der Waals surface area contributed by atoms with Crippen molar-refractivity contribution in [1.29, 1.82) is 5.26 Å². The molecule has 1 fully saturated rings. The van der Waals surface area contributed by atoms with Crippen molar-refractivity contribution in [2.45, 2.75) is 49.4 Å². The number of benzene rings is 5. The molecule has 254 valence electrons. The fourth-order valence-corrected chi connectivity index (χ4v) is 8.22. The standard InChI is InChI=1S/C45H42N4O2/c1-3-44(26-13-14-27-49(2)43(44)50)38-22-15-23-39(29-38)51-41-28-33(24-25-34(41)30-46)42(40-31-47-32-48-40)45(35-16-7-4-8-17-35,36-18-9-5-10-19-36)37-20-11-6-12-21-37/h4-12,15-25,28-29,31-32,42H,3,13-14,26-27H2,1-2H3,(H,47,48). The summed E-state index contributed by atoms with van der Waals surface area (Å²) in [5.41, 5.74) is 5.27. The highest BCUT2D eigenvalue weighted by atomic mass is 16.5. The van der Waals surface area contributed by atoms with Crippen LogP contribution >= 0.6 is 0 Å². The molecule has 1 aromatic heterocycles. The predicted molar refractivity (Wildman–Crippen MR) is 201 cm³/mol. The average molecular weight is 671 g/mol. The minimum atomic E-state index is -0.707. The van der Waals surface area contributed by atoms with Gasteiger partial charge >= 0.3 is 0 Å². The van der Waals surface area contributed by atoms with E-state index < -0.39 is 10.8 Å². The van der Waals surface area contributed by atoms with Gasteiger partial charge in [0.05, 0.1) is 22.7 Å². The van der Waals surface area contributed by atoms with Crippen molar-refractivity contribution in [3.8, 4) is 17.6 Å². The van der Waals surface area contributed by atoms with Gasteiger partial charge in [-0.3, -0.25) is 4.79 Å². The second kappa shape index (κ2) is 14.5. The number of ether oxygens (including phenoxy) is 1. The first kappa shape index (κ1) is 33.6. The molecule has 1 aliphatic heterocycles. The Bertz CT molecular complexity index is 2030. The van der Waals surface area contributed by atoms with E-state index in [0.29, 0.717) is 23.5 Å². The Morgan fingerprint density at radius 1 is 0.863 bits per heavy atom. The molecule has 1 N–H and O–H groups in total. The number of aromatic amines is 1. The quantitative estimate of drug-likeness (QED) is 0.147. The molecule has 1 amide bonds. The fourth-order valence-electron chi connectivity index (χ4n) is 8.22. The molecule has 0 radical (unpaired) electrons. The van der Waals surface area contributed by atoms with Crippen molar-refractivity contribution in [2.75, 3.05) is 13.6 Å². The van der Waals surface area contributed by atoms with Crippen LogP contribution in [0.4, 0.5) is 0 Å². The molecule has 6 heteroatoms. The van der Waals surface area contributed by atoms with Crippen molar-refractivity contribution in [2.24, 2.45) is 0 Å². The zero-order valence-corrected chi connectivity index (χ0v) is 29.1. The number of aromatic nitrogens is 2. The molecular formula is C45H42N4O2. The highest BCUT2D eigenvalue weighted by Crippen LogP contribution is 2.53. The van der Waals surface area contributed by atoms with E-state index >= 15 is 0 Å². The molecule has 0 saturated carbocycles. The lowest BCUT2D eigenvalue weighted by molar-refractivity contribution is -0.135. The normalized spacial score (nSPS) is 17.0. The predicted octanol–water partition coefficient (Wildman–Crippen LogP) is 9.53. The summed E-state index contributed by atoms with van der Waals surface area (Å²) in [6.45, 7) is 2.86. The average Bonchev–Trinajstić information content (AvgIpc) is 3.67. The van der Waals surface area contributed by atoms with Crippen LogP contribution < -0.4 is 4.74 Å². The first-order valence-electron chi connectivity index (χ1n) is 17.7. The number of carbonyl (C=O) groups excluding carboxylic acids is 1. The Morgan fingerprint density at radius 3 is 2.08 bits per heavy atom. The summed E-state index contributed by atoms with van der Waals surface area (Å²) in [5.74, 6) is 0.888. The Labute approximate surface area is 300 Å². The van der Waals surface area contributed by atoms with E-state index in [2.05, 4.69) is 95.8 Å². The van der Waals surface area contributed by atoms with Crippen molar-refractivity contribution < 1.29 is 9.53 Å². The first-order valence-corrected chi connectivity index (χ1v) is 17.7. The second-order valence-electron chi connectivity index (χ2n) is 13.5. The van der Waals surface area contributed by atoms with Crippen molar-refractivity contribution in [3.63, 3.8) is 0 Å². The molecule has 1 aliphatic rings. The molecule has 0 spiro atoms. The molecule has 2 heterocycles. The highest BCUT2D eigenvalue weighted by molar-refractivity contribution is 5.88. The third kappa shape index (κ3) is 6.10. The van der Waals surface area contributed by atoms with E-state index in [1.807, 2.05) is 78.8 Å². The van der Waals surface area contributed by atoms with Gasteiger partial charge in [-0.2, -0.15) is 5.26 Å². The number of H-pyrrole nitrogens is 1. The summed E-state index contributed by atoms with van der Waals surface area (Å²) < 4.78 is 6.68. The number of likely N-dealkylation sites (N-methyl/N-ethyl adjacent to an activating group) is 1. The van der Waals surface area contributed by atoms with Crippen LogP contribution in [0.25, 0.3) is 0 Å². The van der Waals surface area contributed by atoms with E-state index in [-0.39, 0.29) is 11.8 Å². The smallest absolute Gasteiger partial charge is 0.232 e. The summed E-state index contributed by atoms with van der Waals surface area (Å²) >= 11 is 0. The number of imidazole rings is 1. The first-order chi connectivity index (χ1) is 25.0. The van der Waals surface area contributed by atoms with Gasteiger partial charge in [0.15, 0.2) is 0 Å². The van der Waals surface area contributed by atoms with Crippen LogP contribution in [0.1, 0.15) is 77.6 Å². The van der Waals surface area contributed by atoms with Crippen molar-refractivity contribution >= 4 is 5.91 Å². The molecule has 6 nitrogen and oxygen atoms in total. The molecule has 7 rings (SSSR count). The van der Waals surface area contributed by atoms with Crippen LogP contribution in [0.15, 0.2) is 146 Å². The van der Waals surface area contributed by atoms with E-state index in [1.54, 1.807) is 6.33 Å². The minimum absolute atomic E-state index is 0.154. The van der Waals surface area contributed by atoms with Gasteiger partial charge in [0.25, 0.3) is 0 Å². The summed E-state index contributed by atoms with van der Waals surface area (Å²) in [6, 6.07) is 47.9. The van der Waals surface area contributed by atoms with Gasteiger partial charge in [0.1, 0.15) is 17.6 Å². The monoisotopic (exact) mass is 670 g/mol. The van der Waals surface area contributed by atoms with E-state index in [4.69, 9.17) is 4.74 Å². The molecule has 1 saturated heterocycles. The van der Waals surface area contributed by atoms with Crippen molar-refractivity contribution in [1.82, 2.24) is 14.9 Å². The number of likely N-dealkylation sites (tertiary alicyclic amines) is 1. The Kier molecular flexibility index (Phi) is 9.55. The summed E-state index contributed by atoms with van der Waals surface area (Å²) in [5, 5.41) is 10.3. The molecule has 2 atom stereocenters. The second-order valence-corrected chi connectivity index (χ2v) is 13.5. The molecule has 0 bridgehead atoms. The third-order valence-corrected chi connectivity index (χ3v) is 10.7. The number of nitriles is 1. The van der Waals surface area contributed by atoms with E-state index in [9.17, 15) is 10.1 Å². The summed E-state index contributed by atoms with van der Waals surface area (Å²) in [7, 11) is 1.90. The van der Waals surface area contributed by atoms with Gasteiger partial charge in [-0.1, -0.05) is 123 Å². The lowest BCUT2D eigenvalue weighted by Gasteiger charge is -2.43. The maximum atomic E-state index is 13.8. The van der Waals surface area contributed by atoms with Crippen LogP contribution in [0.5, 0.6) is 11.5 Å². The van der Waals surface area contributed by atoms with Gasteiger partial charge in [0.2, 0.25) is 5.91 Å². The third-order valence-electron chi connectivity index (χ3n) is 10.7. The Balaban J connectivity index is 1.41. The fraction of sp³-hybridized carbons (Fsp3) is 0.222. The zero-order valence-electron chi connectivity index (χ0n) is 29.1. The van der Waals surface area contributed by atoms with Gasteiger partial charge < -0.3 is 14.6 Å². The highest BCUT2D eigenvalue weighted by Gasteiger charge is 2.46. The van der Waals surface area contributed by atoms with Gasteiger partial charge in [-0.15, -0.1) is 0 Å². The largest absolute Gasteiger partial charge is 0.456 e. The number of nitrogens with one attached hydrogen (secondary N) is 1. The lowest BCUT2D eigenvalue weighted by atomic mass is 9.59. The van der Waals surface area contributed by atoms with Gasteiger partial charge in [-0.05, 0) is 71.3 Å². The summed E-state index contributed by atoms with van der Waals surface area (Å²) in [4.78, 5) is 23.6. The van der Waals surface area contributed by atoms with E-state index in [1.165, 1.54) is 0 Å². The van der Waals surface area contributed by atoms with Crippen LogP contribution in [0, 0.1) is 11.3 Å². The number of nitrogens with zero attached hydrogens (tertiary/aromatic N) is 3. The SMILES string of the molecule is CCC1(c2cccc(Oc3cc(C(c4cnc[nH]4)C(c4ccccc4)(c4ccccc4)c4ccccc4)ccc3C#N)c2)CCCCN(C)C1=O. The topological polar surface area (TPSA) is 82.0 Å². The number of amides is 1. The molecular weight excluding hydrogens is 629 g/mol. The van der Waals surface area contributed by atoms with Crippen LogP contribution in [0.3, 0.4) is 0 Å². The maximum absolute atomic E-state index is 13.8. The minimum Gasteiger partial charge on any atom is -0.456 e. The Morgan fingerprint density at radius 2 is 1.51 bits per heavy atom. The van der Waals surface area contributed by atoms with Crippen LogP contribution in [-0.2, 0) is 15.6 Å². The molecule has 2 unspecified atom stereocenters. The molecule has 5 aromatic carbocycles. The maximum Gasteiger partial charge on any atom is 0.232 e. The van der Waals surface area contributed by atoms with Crippen molar-refractivity contribution in [3.05, 3.63) is 185 Å². The zero-order chi connectivity index (χ0) is 35.3. The summed E-state index contributed by atoms with van der Waals surface area (Å²) in [6.07, 6.45) is 7.08.